The molecule has 4 bridgehead atoms. The third-order valence-electron chi connectivity index (χ3n) is 15.8. The zero-order valence-corrected chi connectivity index (χ0v) is 36.0. The van der Waals surface area contributed by atoms with E-state index in [2.05, 4.69) is 170 Å². The van der Waals surface area contributed by atoms with Crippen molar-refractivity contribution in [3.63, 3.8) is 0 Å². The van der Waals surface area contributed by atoms with Crippen LogP contribution in [0.15, 0.2) is 188 Å². The third kappa shape index (κ3) is 5.72. The van der Waals surface area contributed by atoms with E-state index >= 15 is 0 Å². The second kappa shape index (κ2) is 14.3. The van der Waals surface area contributed by atoms with Crippen LogP contribution in [0.3, 0.4) is 0 Å². The molecule has 4 aliphatic carbocycles. The lowest BCUT2D eigenvalue weighted by Crippen LogP contribution is -2.56. The van der Waals surface area contributed by atoms with Crippen molar-refractivity contribution in [3.8, 4) is 67.9 Å². The van der Waals surface area contributed by atoms with Gasteiger partial charge < -0.3 is 4.74 Å². The minimum atomic E-state index is 0.0502. The van der Waals surface area contributed by atoms with Crippen molar-refractivity contribution in [3.05, 3.63) is 199 Å². The number of nitrogens with zero attached hydrogens (tertiary/aromatic N) is 3. The number of hydrogen-bond donors (Lipinski definition) is 0. The van der Waals surface area contributed by atoms with E-state index in [0.29, 0.717) is 29.3 Å². The van der Waals surface area contributed by atoms with Gasteiger partial charge in [-0.2, -0.15) is 0 Å². The topological polar surface area (TPSA) is 47.9 Å². The van der Waals surface area contributed by atoms with E-state index < -0.39 is 0 Å². The Labute approximate surface area is 378 Å². The highest BCUT2D eigenvalue weighted by Crippen LogP contribution is 2.69. The average Bonchev–Trinajstić information content (AvgIpc) is 3.37. The van der Waals surface area contributed by atoms with Crippen LogP contribution in [-0.2, 0) is 5.41 Å². The first-order chi connectivity index (χ1) is 32.1. The summed E-state index contributed by atoms with van der Waals surface area (Å²) < 4.78 is 6.83. The highest BCUT2D eigenvalue weighted by molar-refractivity contribution is 6.25. The molecular formula is C61H45N3O. The second-order valence-corrected chi connectivity index (χ2v) is 19.2. The van der Waals surface area contributed by atoms with E-state index in [0.717, 1.165) is 56.7 Å². The number of rotatable bonds is 5. The van der Waals surface area contributed by atoms with Crippen LogP contribution in [0.1, 0.15) is 43.2 Å². The molecule has 0 N–H and O–H groups in total. The average molecular weight is 836 g/mol. The van der Waals surface area contributed by atoms with Crippen LogP contribution in [-0.4, -0.2) is 15.0 Å². The number of para-hydroxylation sites is 1. The van der Waals surface area contributed by atoms with Crippen LogP contribution in [0.4, 0.5) is 0 Å². The van der Waals surface area contributed by atoms with E-state index in [9.17, 15) is 0 Å². The molecule has 65 heavy (non-hydrogen) atoms. The Morgan fingerprint density at radius 3 is 1.32 bits per heavy atom. The van der Waals surface area contributed by atoms with Crippen molar-refractivity contribution in [2.24, 2.45) is 23.7 Å². The van der Waals surface area contributed by atoms with Crippen molar-refractivity contribution in [2.45, 2.75) is 37.5 Å². The minimum Gasteiger partial charge on any atom is -0.457 e. The second-order valence-electron chi connectivity index (χ2n) is 19.2. The molecule has 15 rings (SSSR count). The summed E-state index contributed by atoms with van der Waals surface area (Å²) in [6.07, 6.45) is 6.84. The van der Waals surface area contributed by atoms with Gasteiger partial charge in [-0.15, -0.1) is 0 Å². The fraction of sp³-hybridized carbons (Fsp3) is 0.164. The van der Waals surface area contributed by atoms with Gasteiger partial charge in [-0.25, -0.2) is 15.0 Å². The molecule has 1 aliphatic heterocycles. The molecule has 1 aromatic heterocycles. The van der Waals surface area contributed by atoms with Crippen LogP contribution < -0.4 is 4.74 Å². The molecule has 9 aromatic carbocycles. The van der Waals surface area contributed by atoms with Crippen molar-refractivity contribution in [1.82, 2.24) is 15.0 Å². The van der Waals surface area contributed by atoms with Gasteiger partial charge in [0.15, 0.2) is 17.5 Å². The molecule has 0 amide bonds. The molecule has 5 aliphatic rings. The summed E-state index contributed by atoms with van der Waals surface area (Å²) in [5.74, 6) is 7.18. The molecular weight excluding hydrogens is 791 g/mol. The third-order valence-corrected chi connectivity index (χ3v) is 15.8. The van der Waals surface area contributed by atoms with Crippen LogP contribution in [0.2, 0.25) is 0 Å². The molecule has 4 fully saturated rings. The summed E-state index contributed by atoms with van der Waals surface area (Å²) in [6, 6.07) is 67.8. The first kappa shape index (κ1) is 37.0. The zero-order chi connectivity index (χ0) is 42.6. The first-order valence-corrected chi connectivity index (χ1v) is 23.4. The summed E-state index contributed by atoms with van der Waals surface area (Å²) in [7, 11) is 0. The van der Waals surface area contributed by atoms with Crippen molar-refractivity contribution in [2.75, 3.05) is 0 Å². The summed E-state index contributed by atoms with van der Waals surface area (Å²) in [6.45, 7) is 0. The lowest BCUT2D eigenvalue weighted by atomic mass is 9.42. The zero-order valence-electron chi connectivity index (χ0n) is 36.0. The van der Waals surface area contributed by atoms with Crippen molar-refractivity contribution < 1.29 is 4.74 Å². The molecule has 2 heterocycles. The maximum absolute atomic E-state index is 6.83. The summed E-state index contributed by atoms with van der Waals surface area (Å²) in [5, 5.41) is 7.65. The Balaban J connectivity index is 0.806. The standard InChI is InChI=1S/C61H45N3O/c1-2-10-41(11-3-1)58-62-59(42-22-18-39(19-23-42)44-26-28-52-50-14-5-4-12-48(50)49-13-6-7-15-51(49)53(52)35-44)64-60(63-58)43-24-20-40(21-25-43)45-27-29-55-57(36-45)65-56-17-9-8-16-54(56)61(55)46-31-37-30-38(33-46)34-47(61)32-37/h1-29,35-38,46-47H,30-34H2. The Kier molecular flexibility index (Phi) is 8.13. The summed E-state index contributed by atoms with van der Waals surface area (Å²) in [4.78, 5) is 15.2. The lowest BCUT2D eigenvalue weighted by molar-refractivity contribution is -0.0452. The molecule has 10 aromatic rings. The van der Waals surface area contributed by atoms with Crippen LogP contribution in [0, 0.1) is 23.7 Å². The summed E-state index contributed by atoms with van der Waals surface area (Å²) in [5.41, 5.74) is 10.3. The summed E-state index contributed by atoms with van der Waals surface area (Å²) >= 11 is 0. The van der Waals surface area contributed by atoms with Gasteiger partial charge in [0.1, 0.15) is 11.5 Å². The number of hydrogen-bond acceptors (Lipinski definition) is 4. The van der Waals surface area contributed by atoms with Crippen LogP contribution >= 0.6 is 0 Å². The molecule has 1 spiro atoms. The molecule has 4 heteroatoms. The lowest BCUT2D eigenvalue weighted by Gasteiger charge is -2.63. The van der Waals surface area contributed by atoms with Crippen LogP contribution in [0.5, 0.6) is 11.5 Å². The SMILES string of the molecule is c1ccc(-c2nc(-c3ccc(-c4ccc5c(c4)Oc4ccccc4C54C5CC6CC(C5)CC4C6)cc3)nc(-c3ccc(-c4ccc5c6ccccc6c6ccccc6c5c4)cc3)n2)cc1. The van der Waals surface area contributed by atoms with Gasteiger partial charge in [-0.3, -0.25) is 0 Å². The van der Waals surface area contributed by atoms with Gasteiger partial charge in [-0.1, -0.05) is 170 Å². The van der Waals surface area contributed by atoms with E-state index in [1.54, 1.807) is 0 Å². The monoisotopic (exact) mass is 835 g/mol. The molecule has 0 saturated heterocycles. The number of aromatic nitrogens is 3. The largest absolute Gasteiger partial charge is 0.457 e. The van der Waals surface area contributed by atoms with E-state index in [4.69, 9.17) is 19.7 Å². The predicted octanol–water partition coefficient (Wildman–Crippen LogP) is 15.5. The predicted molar refractivity (Wildman–Crippen MR) is 264 cm³/mol. The van der Waals surface area contributed by atoms with Crippen LogP contribution in [0.25, 0.3) is 88.7 Å². The number of ether oxygens (including phenoxy) is 1. The Morgan fingerprint density at radius 1 is 0.323 bits per heavy atom. The van der Waals surface area contributed by atoms with Gasteiger partial charge in [0.05, 0.1) is 0 Å². The quantitative estimate of drug-likeness (QED) is 0.162. The van der Waals surface area contributed by atoms with E-state index in [1.807, 2.05) is 18.2 Å². The Morgan fingerprint density at radius 2 is 0.738 bits per heavy atom. The van der Waals surface area contributed by atoms with Gasteiger partial charge in [-0.05, 0) is 129 Å². The maximum atomic E-state index is 6.83. The van der Waals surface area contributed by atoms with E-state index in [1.165, 1.54) is 81.1 Å². The molecule has 0 radical (unpaired) electrons. The molecule has 310 valence electrons. The van der Waals surface area contributed by atoms with Crippen molar-refractivity contribution in [1.29, 1.82) is 0 Å². The van der Waals surface area contributed by atoms with Gasteiger partial charge in [0.25, 0.3) is 0 Å². The van der Waals surface area contributed by atoms with Gasteiger partial charge in [0, 0.05) is 33.2 Å². The fourth-order valence-corrected chi connectivity index (χ4v) is 13.2. The Hall–Kier alpha value is -7.43. The molecule has 4 saturated carbocycles. The maximum Gasteiger partial charge on any atom is 0.164 e. The van der Waals surface area contributed by atoms with Gasteiger partial charge in [0.2, 0.25) is 0 Å². The highest BCUT2D eigenvalue weighted by Gasteiger charge is 2.61. The minimum absolute atomic E-state index is 0.0502. The molecule has 0 unspecified atom stereocenters. The highest BCUT2D eigenvalue weighted by atomic mass is 16.5. The molecule has 4 nitrogen and oxygen atoms in total. The van der Waals surface area contributed by atoms with Gasteiger partial charge >= 0.3 is 0 Å². The smallest absolute Gasteiger partial charge is 0.164 e. The fourth-order valence-electron chi connectivity index (χ4n) is 13.2. The Bertz CT molecular complexity index is 3460. The number of benzene rings is 9. The van der Waals surface area contributed by atoms with Crippen molar-refractivity contribution >= 4 is 32.3 Å². The molecule has 0 atom stereocenters. The normalized spacial score (nSPS) is 21.4. The van der Waals surface area contributed by atoms with E-state index in [-0.39, 0.29) is 5.41 Å². The first-order valence-electron chi connectivity index (χ1n) is 23.4. The number of fused-ring (bicyclic) bond motifs is 8.